The van der Waals surface area contributed by atoms with E-state index in [0.29, 0.717) is 5.69 Å². The minimum absolute atomic E-state index is 0.0214. The van der Waals surface area contributed by atoms with Gasteiger partial charge in [0.15, 0.2) is 0 Å². The van der Waals surface area contributed by atoms with Gasteiger partial charge in [0.2, 0.25) is 0 Å². The fourth-order valence-electron chi connectivity index (χ4n) is 1.50. The molecule has 0 amide bonds. The van der Waals surface area contributed by atoms with Crippen molar-refractivity contribution in [1.82, 2.24) is 0 Å². The third-order valence-electron chi connectivity index (χ3n) is 2.42. The molecule has 3 N–H and O–H groups in total. The molecule has 0 heterocycles. The molecule has 0 atom stereocenters. The Balaban J connectivity index is 2.38. The van der Waals surface area contributed by atoms with Crippen molar-refractivity contribution in [1.29, 1.82) is 0 Å². The van der Waals surface area contributed by atoms with Gasteiger partial charge >= 0.3 is 0 Å². The maximum Gasteiger partial charge on any atom is 0.263 e. The molecular weight excluding hydrogens is 326 g/mol. The summed E-state index contributed by atoms with van der Waals surface area (Å²) in [5.74, 6) is -0.727. The summed E-state index contributed by atoms with van der Waals surface area (Å²) >= 11 is 11.4. The van der Waals surface area contributed by atoms with Gasteiger partial charge in [0.25, 0.3) is 10.0 Å². The number of hydrogen-bond acceptors (Lipinski definition) is 3. The number of nitrogens with two attached hydrogens (primary N) is 1. The van der Waals surface area contributed by atoms with Crippen LogP contribution >= 0.6 is 23.2 Å². The topological polar surface area (TPSA) is 72.2 Å². The van der Waals surface area contributed by atoms with Gasteiger partial charge in [-0.1, -0.05) is 23.2 Å². The van der Waals surface area contributed by atoms with E-state index in [2.05, 4.69) is 4.72 Å². The maximum absolute atomic E-state index is 13.3. The zero-order valence-electron chi connectivity index (χ0n) is 9.90. The first-order chi connectivity index (χ1) is 9.29. The normalized spacial score (nSPS) is 11.3. The molecule has 0 aromatic heterocycles. The Morgan fingerprint density at radius 3 is 2.35 bits per heavy atom. The quantitative estimate of drug-likeness (QED) is 0.843. The van der Waals surface area contributed by atoms with E-state index in [4.69, 9.17) is 28.9 Å². The molecule has 0 aliphatic rings. The van der Waals surface area contributed by atoms with Crippen LogP contribution < -0.4 is 10.5 Å². The number of hydrogen-bond donors (Lipinski definition) is 2. The SMILES string of the molecule is Nc1ccc(S(=O)(=O)Nc2ccc(Cl)c(F)c2)c(Cl)c1. The molecule has 4 nitrogen and oxygen atoms in total. The van der Waals surface area contributed by atoms with E-state index in [1.54, 1.807) is 0 Å². The number of rotatable bonds is 3. The van der Waals surface area contributed by atoms with Crippen LogP contribution in [0.3, 0.4) is 0 Å². The van der Waals surface area contributed by atoms with E-state index < -0.39 is 15.8 Å². The highest BCUT2D eigenvalue weighted by Crippen LogP contribution is 2.26. The lowest BCUT2D eigenvalue weighted by Crippen LogP contribution is -2.13. The van der Waals surface area contributed by atoms with Crippen molar-refractivity contribution in [2.45, 2.75) is 4.90 Å². The van der Waals surface area contributed by atoms with Crippen LogP contribution in [0.15, 0.2) is 41.3 Å². The molecule has 0 aliphatic heterocycles. The summed E-state index contributed by atoms with van der Waals surface area (Å²) in [6, 6.07) is 7.56. The summed E-state index contributed by atoms with van der Waals surface area (Å²) in [7, 11) is -3.94. The Morgan fingerprint density at radius 1 is 1.05 bits per heavy atom. The molecule has 0 saturated heterocycles. The summed E-state index contributed by atoms with van der Waals surface area (Å²) in [6.07, 6.45) is 0. The van der Waals surface area contributed by atoms with Gasteiger partial charge < -0.3 is 5.73 Å². The van der Waals surface area contributed by atoms with Gasteiger partial charge in [0, 0.05) is 5.69 Å². The highest BCUT2D eigenvalue weighted by molar-refractivity contribution is 7.92. The maximum atomic E-state index is 13.3. The van der Waals surface area contributed by atoms with Crippen molar-refractivity contribution in [2.24, 2.45) is 0 Å². The Bertz CT molecular complexity index is 766. The minimum Gasteiger partial charge on any atom is -0.399 e. The van der Waals surface area contributed by atoms with Gasteiger partial charge in [0.1, 0.15) is 10.7 Å². The second-order valence-corrected chi connectivity index (χ2v) is 6.39. The lowest BCUT2D eigenvalue weighted by molar-refractivity contribution is 0.601. The predicted molar refractivity (Wildman–Crippen MR) is 78.1 cm³/mol. The average Bonchev–Trinajstić information content (AvgIpc) is 2.33. The van der Waals surface area contributed by atoms with Gasteiger partial charge in [0.05, 0.1) is 15.7 Å². The highest BCUT2D eigenvalue weighted by Gasteiger charge is 2.18. The largest absolute Gasteiger partial charge is 0.399 e. The second kappa shape index (κ2) is 5.47. The number of nitrogens with one attached hydrogen (secondary N) is 1. The Kier molecular flexibility index (Phi) is 4.08. The minimum atomic E-state index is -3.94. The van der Waals surface area contributed by atoms with Gasteiger partial charge in [-0.2, -0.15) is 0 Å². The van der Waals surface area contributed by atoms with E-state index in [0.717, 1.165) is 6.07 Å². The van der Waals surface area contributed by atoms with E-state index in [-0.39, 0.29) is 20.6 Å². The molecule has 2 aromatic rings. The van der Waals surface area contributed by atoms with E-state index >= 15 is 0 Å². The summed E-state index contributed by atoms with van der Waals surface area (Å²) in [6.45, 7) is 0. The standard InChI is InChI=1S/C12H9Cl2FN2O2S/c13-9-3-2-8(6-11(9)15)17-20(18,19)12-4-1-7(16)5-10(12)14/h1-6,17H,16H2. The molecule has 0 radical (unpaired) electrons. The van der Waals surface area contributed by atoms with E-state index in [1.807, 2.05) is 0 Å². The molecule has 0 saturated carbocycles. The molecule has 2 aromatic carbocycles. The molecule has 0 fully saturated rings. The molecule has 2 rings (SSSR count). The molecule has 20 heavy (non-hydrogen) atoms. The van der Waals surface area contributed by atoms with Crippen LogP contribution in [-0.4, -0.2) is 8.42 Å². The lowest BCUT2D eigenvalue weighted by atomic mass is 10.3. The van der Waals surface area contributed by atoms with Crippen molar-refractivity contribution >= 4 is 44.6 Å². The van der Waals surface area contributed by atoms with Crippen LogP contribution in [0.1, 0.15) is 0 Å². The first-order valence-corrected chi connectivity index (χ1v) is 7.56. The fourth-order valence-corrected chi connectivity index (χ4v) is 3.23. The highest BCUT2D eigenvalue weighted by atomic mass is 35.5. The van der Waals surface area contributed by atoms with Crippen molar-refractivity contribution in [3.8, 4) is 0 Å². The molecule has 0 spiro atoms. The van der Waals surface area contributed by atoms with Gasteiger partial charge in [-0.05, 0) is 36.4 Å². The number of nitrogen functional groups attached to an aromatic ring is 1. The zero-order valence-corrected chi connectivity index (χ0v) is 12.2. The monoisotopic (exact) mass is 334 g/mol. The first kappa shape index (κ1) is 14.9. The van der Waals surface area contributed by atoms with Crippen molar-refractivity contribution in [3.05, 3.63) is 52.3 Å². The molecule has 0 aliphatic carbocycles. The summed E-state index contributed by atoms with van der Waals surface area (Å²) in [5.41, 5.74) is 5.88. The first-order valence-electron chi connectivity index (χ1n) is 5.32. The molecule has 8 heteroatoms. The smallest absolute Gasteiger partial charge is 0.263 e. The average molecular weight is 335 g/mol. The predicted octanol–water partition coefficient (Wildman–Crippen LogP) is 3.52. The van der Waals surface area contributed by atoms with Crippen molar-refractivity contribution in [3.63, 3.8) is 0 Å². The number of anilines is 2. The lowest BCUT2D eigenvalue weighted by Gasteiger charge is -2.10. The third kappa shape index (κ3) is 3.15. The van der Waals surface area contributed by atoms with Crippen LogP contribution in [0.25, 0.3) is 0 Å². The van der Waals surface area contributed by atoms with Crippen LogP contribution in [0.4, 0.5) is 15.8 Å². The Labute approximate surface area is 125 Å². The van der Waals surface area contributed by atoms with Gasteiger partial charge in [-0.25, -0.2) is 12.8 Å². The van der Waals surface area contributed by atoms with Crippen LogP contribution in [0, 0.1) is 5.82 Å². The van der Waals surface area contributed by atoms with Crippen molar-refractivity contribution in [2.75, 3.05) is 10.5 Å². The van der Waals surface area contributed by atoms with Crippen LogP contribution in [0.5, 0.6) is 0 Å². The second-order valence-electron chi connectivity index (χ2n) is 3.92. The van der Waals surface area contributed by atoms with Gasteiger partial charge in [-0.3, -0.25) is 4.72 Å². The van der Waals surface area contributed by atoms with Crippen LogP contribution in [0.2, 0.25) is 10.0 Å². The Hall–Kier alpha value is -1.50. The van der Waals surface area contributed by atoms with E-state index in [9.17, 15) is 12.8 Å². The van der Waals surface area contributed by atoms with E-state index in [1.165, 1.54) is 30.3 Å². The fraction of sp³-hybridized carbons (Fsp3) is 0. The number of halogens is 3. The van der Waals surface area contributed by atoms with Crippen LogP contribution in [-0.2, 0) is 10.0 Å². The molecular formula is C12H9Cl2FN2O2S. The molecule has 0 bridgehead atoms. The number of sulfonamides is 1. The summed E-state index contributed by atoms with van der Waals surface area (Å²) in [4.78, 5) is -0.149. The molecule has 106 valence electrons. The van der Waals surface area contributed by atoms with Gasteiger partial charge in [-0.15, -0.1) is 0 Å². The summed E-state index contributed by atoms with van der Waals surface area (Å²) in [5, 5.41) is -0.120. The third-order valence-corrected chi connectivity index (χ3v) is 4.59. The molecule has 0 unspecified atom stereocenters. The summed E-state index contributed by atoms with van der Waals surface area (Å²) < 4.78 is 39.8. The zero-order chi connectivity index (χ0) is 14.9. The Morgan fingerprint density at radius 2 is 1.75 bits per heavy atom. The number of benzene rings is 2. The van der Waals surface area contributed by atoms with Crippen molar-refractivity contribution < 1.29 is 12.8 Å².